The number of anilines is 3. The Morgan fingerprint density at radius 3 is 2.07 bits per heavy atom. The van der Waals surface area contributed by atoms with Gasteiger partial charge in [0.05, 0.1) is 22.2 Å². The second-order valence-corrected chi connectivity index (χ2v) is 12.9. The molecule has 0 saturated carbocycles. The summed E-state index contributed by atoms with van der Waals surface area (Å²) >= 11 is 6.20. The van der Waals surface area contributed by atoms with E-state index in [0.29, 0.717) is 29.4 Å². The van der Waals surface area contributed by atoms with E-state index in [9.17, 15) is 21.6 Å². The van der Waals surface area contributed by atoms with Crippen molar-refractivity contribution in [3.05, 3.63) is 107 Å². The average Bonchev–Trinajstić information content (AvgIpc) is 2.92. The maximum Gasteiger partial charge on any atom is 0.263 e. The fourth-order valence-corrected chi connectivity index (χ4v) is 6.62. The molecule has 41 heavy (non-hydrogen) atoms. The van der Waals surface area contributed by atoms with Crippen molar-refractivity contribution >= 4 is 54.6 Å². The molecule has 0 aliphatic heterocycles. The second-order valence-electron chi connectivity index (χ2n) is 9.11. The number of benzene rings is 4. The van der Waals surface area contributed by atoms with Gasteiger partial charge in [0.25, 0.3) is 26.0 Å². The van der Waals surface area contributed by atoms with Gasteiger partial charge >= 0.3 is 0 Å². The third-order valence-corrected chi connectivity index (χ3v) is 9.19. The Morgan fingerprint density at radius 2 is 1.44 bits per heavy atom. The monoisotopic (exact) mass is 613 g/mol. The lowest BCUT2D eigenvalue weighted by Crippen LogP contribution is -2.17. The zero-order chi connectivity index (χ0) is 29.8. The van der Waals surface area contributed by atoms with Gasteiger partial charge in [0.2, 0.25) is 0 Å². The van der Waals surface area contributed by atoms with Crippen molar-refractivity contribution in [2.45, 2.75) is 30.6 Å². The molecule has 1 amide bonds. The van der Waals surface area contributed by atoms with E-state index in [1.807, 2.05) is 19.9 Å². The highest BCUT2D eigenvalue weighted by Gasteiger charge is 2.22. The number of sulfonamides is 2. The van der Waals surface area contributed by atoms with Gasteiger partial charge in [-0.3, -0.25) is 14.2 Å². The summed E-state index contributed by atoms with van der Waals surface area (Å²) in [6.07, 6.45) is 0. The van der Waals surface area contributed by atoms with Gasteiger partial charge in [-0.05, 0) is 99.1 Å². The van der Waals surface area contributed by atoms with Crippen LogP contribution in [0, 0.1) is 13.8 Å². The highest BCUT2D eigenvalue weighted by molar-refractivity contribution is 7.93. The summed E-state index contributed by atoms with van der Waals surface area (Å²) in [6.45, 7) is 6.03. The Labute approximate surface area is 244 Å². The first-order valence-corrected chi connectivity index (χ1v) is 15.8. The third kappa shape index (κ3) is 7.37. The normalized spacial score (nSPS) is 11.5. The van der Waals surface area contributed by atoms with Crippen LogP contribution in [0.3, 0.4) is 0 Å². The molecule has 214 valence electrons. The highest BCUT2D eigenvalue weighted by atomic mass is 35.5. The second kappa shape index (κ2) is 12.2. The smallest absolute Gasteiger partial charge is 0.263 e. The van der Waals surface area contributed by atoms with Crippen LogP contribution in [0.25, 0.3) is 0 Å². The van der Waals surface area contributed by atoms with Crippen molar-refractivity contribution in [2.75, 3.05) is 21.4 Å². The molecule has 4 rings (SSSR count). The molecule has 0 heterocycles. The number of carbonyl (C=O) groups is 1. The van der Waals surface area contributed by atoms with E-state index in [0.717, 1.165) is 11.1 Å². The SMILES string of the molecule is CCOc1ccc(NS(=O)(=O)c2ccc(NC(=O)c3ccc(Cl)c(S(=O)(=O)Nc4ccc(C)cc4C)c3)cc2)cc1. The van der Waals surface area contributed by atoms with Crippen molar-refractivity contribution in [1.82, 2.24) is 0 Å². The molecule has 0 aliphatic rings. The third-order valence-electron chi connectivity index (χ3n) is 5.95. The Bertz CT molecular complexity index is 1790. The Balaban J connectivity index is 1.47. The molecule has 0 saturated heterocycles. The number of amides is 1. The summed E-state index contributed by atoms with van der Waals surface area (Å²) in [5.74, 6) is 0.0198. The van der Waals surface area contributed by atoms with E-state index < -0.39 is 26.0 Å². The van der Waals surface area contributed by atoms with Gasteiger partial charge in [-0.25, -0.2) is 16.8 Å². The van der Waals surface area contributed by atoms with Crippen LogP contribution in [0.1, 0.15) is 28.4 Å². The number of carbonyl (C=O) groups excluding carboxylic acids is 1. The van der Waals surface area contributed by atoms with Crippen molar-refractivity contribution in [2.24, 2.45) is 0 Å². The van der Waals surface area contributed by atoms with Crippen molar-refractivity contribution in [3.63, 3.8) is 0 Å². The number of rotatable bonds is 10. The van der Waals surface area contributed by atoms with E-state index in [-0.39, 0.29) is 20.4 Å². The zero-order valence-corrected chi connectivity index (χ0v) is 24.8. The maximum atomic E-state index is 13.1. The summed E-state index contributed by atoms with van der Waals surface area (Å²) in [5.41, 5.74) is 2.84. The van der Waals surface area contributed by atoms with Crippen LogP contribution in [0.5, 0.6) is 5.75 Å². The minimum atomic E-state index is -4.10. The standard InChI is InChI=1S/C29H28ClN3O6S2/c1-4-39-24-11-7-23(8-12-24)32-40(35,36)25-13-9-22(10-14-25)31-29(34)21-6-15-26(30)28(18-21)41(37,38)33-27-16-5-19(2)17-20(27)3/h5-18,32-33H,4H2,1-3H3,(H,31,34). The number of hydrogen-bond donors (Lipinski definition) is 3. The van der Waals surface area contributed by atoms with Gasteiger partial charge in [-0.15, -0.1) is 0 Å². The molecule has 12 heteroatoms. The van der Waals surface area contributed by atoms with Gasteiger partial charge in [-0.1, -0.05) is 29.3 Å². The van der Waals surface area contributed by atoms with E-state index in [1.165, 1.54) is 42.5 Å². The number of ether oxygens (including phenoxy) is 1. The predicted molar refractivity (Wildman–Crippen MR) is 161 cm³/mol. The molecule has 0 bridgehead atoms. The van der Waals surface area contributed by atoms with Crippen LogP contribution in [0.15, 0.2) is 94.7 Å². The first kappa shape index (κ1) is 29.9. The summed E-state index contributed by atoms with van der Waals surface area (Å²) < 4.78 is 62.2. The van der Waals surface area contributed by atoms with Gasteiger partial charge in [0.1, 0.15) is 10.6 Å². The van der Waals surface area contributed by atoms with Gasteiger partial charge < -0.3 is 10.1 Å². The average molecular weight is 614 g/mol. The molecule has 0 unspecified atom stereocenters. The van der Waals surface area contributed by atoms with Crippen LogP contribution in [-0.2, 0) is 20.0 Å². The van der Waals surface area contributed by atoms with Gasteiger partial charge in [0, 0.05) is 16.9 Å². The number of hydrogen-bond acceptors (Lipinski definition) is 6. The van der Waals surface area contributed by atoms with Crippen molar-refractivity contribution in [1.29, 1.82) is 0 Å². The quantitative estimate of drug-likeness (QED) is 0.195. The molecule has 0 spiro atoms. The van der Waals surface area contributed by atoms with Crippen LogP contribution in [0.2, 0.25) is 5.02 Å². The Hall–Kier alpha value is -4.06. The lowest BCUT2D eigenvalue weighted by atomic mass is 10.1. The molecule has 0 atom stereocenters. The van der Waals surface area contributed by atoms with Gasteiger partial charge in [0.15, 0.2) is 0 Å². The summed E-state index contributed by atoms with van der Waals surface area (Å²) in [4.78, 5) is 12.7. The van der Waals surface area contributed by atoms with Crippen LogP contribution < -0.4 is 19.5 Å². The van der Waals surface area contributed by atoms with Gasteiger partial charge in [-0.2, -0.15) is 0 Å². The van der Waals surface area contributed by atoms with E-state index in [1.54, 1.807) is 43.3 Å². The number of halogens is 1. The molecular weight excluding hydrogens is 586 g/mol. The molecule has 4 aromatic carbocycles. The molecule has 9 nitrogen and oxygen atoms in total. The summed E-state index contributed by atoms with van der Waals surface area (Å²) in [5, 5.41) is 2.59. The number of nitrogens with one attached hydrogen (secondary N) is 3. The topological polar surface area (TPSA) is 131 Å². The van der Waals surface area contributed by atoms with Crippen LogP contribution >= 0.6 is 11.6 Å². The maximum absolute atomic E-state index is 13.1. The van der Waals surface area contributed by atoms with E-state index in [2.05, 4.69) is 14.8 Å². The molecule has 0 aliphatic carbocycles. The van der Waals surface area contributed by atoms with Crippen LogP contribution in [0.4, 0.5) is 17.1 Å². The lowest BCUT2D eigenvalue weighted by molar-refractivity contribution is 0.102. The van der Waals surface area contributed by atoms with Crippen molar-refractivity contribution < 1.29 is 26.4 Å². The summed E-state index contributed by atoms with van der Waals surface area (Å²) in [6, 6.07) is 21.2. The first-order valence-electron chi connectivity index (χ1n) is 12.4. The van der Waals surface area contributed by atoms with Crippen molar-refractivity contribution in [3.8, 4) is 5.75 Å². The first-order chi connectivity index (χ1) is 19.4. The molecule has 4 aromatic rings. The number of aryl methyl sites for hydroxylation is 2. The molecular formula is C29H28ClN3O6S2. The minimum Gasteiger partial charge on any atom is -0.494 e. The fourth-order valence-electron chi connectivity index (χ4n) is 3.90. The largest absolute Gasteiger partial charge is 0.494 e. The Morgan fingerprint density at radius 1 is 0.780 bits per heavy atom. The predicted octanol–water partition coefficient (Wildman–Crippen LogP) is 6.21. The molecule has 3 N–H and O–H groups in total. The van der Waals surface area contributed by atoms with E-state index in [4.69, 9.17) is 16.3 Å². The zero-order valence-electron chi connectivity index (χ0n) is 22.4. The Kier molecular flexibility index (Phi) is 8.91. The molecule has 0 fully saturated rings. The van der Waals surface area contributed by atoms with E-state index >= 15 is 0 Å². The minimum absolute atomic E-state index is 0.0123. The fraction of sp³-hybridized carbons (Fsp3) is 0.138. The molecule has 0 aromatic heterocycles. The summed E-state index contributed by atoms with van der Waals surface area (Å²) in [7, 11) is -7.99. The molecule has 0 radical (unpaired) electrons. The van der Waals surface area contributed by atoms with Crippen LogP contribution in [-0.4, -0.2) is 29.3 Å². The lowest BCUT2D eigenvalue weighted by Gasteiger charge is -2.13. The highest BCUT2D eigenvalue weighted by Crippen LogP contribution is 2.27.